The number of carboxylic acids is 4. The number of carbonyl (C=O) groups is 4. The maximum absolute atomic E-state index is 12.5. The molecular formula is C37H28Cl2O15S4. The Morgan fingerprint density at radius 3 is 1.60 bits per heavy atom. The Morgan fingerprint density at radius 2 is 1.10 bits per heavy atom. The first kappa shape index (κ1) is 47.0. The van der Waals surface area contributed by atoms with E-state index in [0.29, 0.717) is 46.8 Å². The van der Waals surface area contributed by atoms with E-state index >= 15 is 0 Å². The quantitative estimate of drug-likeness (QED) is 0.0404. The minimum Gasteiger partial charge on any atom is -0.482 e. The zero-order valence-corrected chi connectivity index (χ0v) is 33.8. The molecule has 5 aromatic carbocycles. The number of rotatable bonds is 11. The Bertz CT molecular complexity index is 2520. The maximum Gasteiger partial charge on any atom is 0.394 e. The van der Waals surface area contributed by atoms with Crippen molar-refractivity contribution >= 4 is 111 Å². The Kier molecular flexibility index (Phi) is 18.3. The summed E-state index contributed by atoms with van der Waals surface area (Å²) in [6.07, 6.45) is 0. The first-order valence-corrected chi connectivity index (χ1v) is 20.8. The van der Waals surface area contributed by atoms with Gasteiger partial charge in [-0.15, -0.1) is 11.3 Å². The van der Waals surface area contributed by atoms with E-state index in [-0.39, 0.29) is 23.2 Å². The molecule has 0 unspecified atom stereocenters. The molecule has 0 aliphatic rings. The van der Waals surface area contributed by atoms with E-state index < -0.39 is 40.9 Å². The average molecular weight is 912 g/mol. The fourth-order valence-corrected chi connectivity index (χ4v) is 8.23. The molecule has 21 heteroatoms. The number of ether oxygens (including phenoxy) is 2. The molecule has 304 valence electrons. The highest BCUT2D eigenvalue weighted by molar-refractivity contribution is 8.76. The summed E-state index contributed by atoms with van der Waals surface area (Å²) in [5, 5.41) is 37.1. The van der Waals surface area contributed by atoms with Crippen LogP contribution in [0.15, 0.2) is 124 Å². The average Bonchev–Trinajstić information content (AvgIpc) is 3.16. The Morgan fingerprint density at radius 1 is 0.638 bits per heavy atom. The van der Waals surface area contributed by atoms with Gasteiger partial charge in [-0.1, -0.05) is 81.2 Å². The van der Waals surface area contributed by atoms with E-state index in [1.807, 2.05) is 12.1 Å². The lowest BCUT2D eigenvalue weighted by Crippen LogP contribution is -2.10. The van der Waals surface area contributed by atoms with Gasteiger partial charge in [0.15, 0.2) is 18.6 Å². The van der Waals surface area contributed by atoms with Gasteiger partial charge in [0.2, 0.25) is 0 Å². The molecule has 0 bridgehead atoms. The van der Waals surface area contributed by atoms with Gasteiger partial charge in [0.1, 0.15) is 11.5 Å². The smallest absolute Gasteiger partial charge is 0.394 e. The summed E-state index contributed by atoms with van der Waals surface area (Å²) in [7, 11) is -2.20. The third-order valence-corrected chi connectivity index (χ3v) is 10.9. The number of aromatic carboxylic acids is 2. The summed E-state index contributed by atoms with van der Waals surface area (Å²) >= 11 is 13.1. The zero-order chi connectivity index (χ0) is 43.0. The van der Waals surface area contributed by atoms with Crippen molar-refractivity contribution in [2.24, 2.45) is 0 Å². The second kappa shape index (κ2) is 22.5. The largest absolute Gasteiger partial charge is 0.482 e. The van der Waals surface area contributed by atoms with Crippen LogP contribution in [0, 0.1) is 0 Å². The lowest BCUT2D eigenvalue weighted by molar-refractivity contribution is -0.140. The summed E-state index contributed by atoms with van der Waals surface area (Å²) in [5.41, 5.74) is 0.237. The van der Waals surface area contributed by atoms with Crippen LogP contribution >= 0.6 is 56.1 Å². The maximum atomic E-state index is 12.5. The molecular weight excluding hydrogens is 884 g/mol. The number of hydrogen-bond donors (Lipinski definition) is 6. The highest BCUT2D eigenvalue weighted by atomic mass is 35.5. The first-order valence-electron chi connectivity index (χ1n) is 15.6. The van der Waals surface area contributed by atoms with Crippen molar-refractivity contribution in [3.8, 4) is 11.5 Å². The van der Waals surface area contributed by atoms with E-state index in [1.54, 1.807) is 84.9 Å². The molecule has 0 aliphatic heterocycles. The minimum absolute atomic E-state index is 0.176. The van der Waals surface area contributed by atoms with Crippen molar-refractivity contribution in [3.05, 3.63) is 141 Å². The molecule has 6 aromatic rings. The molecule has 15 nitrogen and oxygen atoms in total. The van der Waals surface area contributed by atoms with E-state index in [4.69, 9.17) is 70.6 Å². The van der Waals surface area contributed by atoms with Crippen molar-refractivity contribution in [1.29, 1.82) is 0 Å². The standard InChI is InChI=1S/C15H9ClO4S.C14H10O4S2.C8H7ClO3.H2O4S/c16-9-5-6-10(20-7-12(17)18)15-13(9)14(19)8-3-1-2-4-11(8)21-15;15-13(16)9-5-1-3-7-11(9)19-20-12-8-4-2-6-10(12)14(17)18;9-6-1-3-7(4-2-6)12-5-8(10)11;1-5(2,3)4/h1-6H,7H2,(H,17,18);1-8H,(H,15,16)(H,17,18);1-4H,5H2,(H,10,11);(H2,1,2,3,4). The minimum atomic E-state index is -4.67. The molecule has 0 aliphatic carbocycles. The van der Waals surface area contributed by atoms with Gasteiger partial charge in [0, 0.05) is 24.9 Å². The van der Waals surface area contributed by atoms with Gasteiger partial charge < -0.3 is 29.9 Å². The van der Waals surface area contributed by atoms with Crippen LogP contribution in [0.25, 0.3) is 20.2 Å². The van der Waals surface area contributed by atoms with Crippen LogP contribution in [0.2, 0.25) is 10.0 Å². The third-order valence-electron chi connectivity index (χ3n) is 6.62. The lowest BCUT2D eigenvalue weighted by Gasteiger charge is -2.09. The molecule has 1 aromatic heterocycles. The van der Waals surface area contributed by atoms with Crippen molar-refractivity contribution in [2.45, 2.75) is 9.79 Å². The van der Waals surface area contributed by atoms with Crippen LogP contribution in [0.5, 0.6) is 11.5 Å². The van der Waals surface area contributed by atoms with Crippen LogP contribution in [0.4, 0.5) is 0 Å². The van der Waals surface area contributed by atoms with Gasteiger partial charge in [-0.25, -0.2) is 19.2 Å². The van der Waals surface area contributed by atoms with E-state index in [2.05, 4.69) is 0 Å². The van der Waals surface area contributed by atoms with Gasteiger partial charge in [-0.05, 0) is 72.8 Å². The molecule has 0 radical (unpaired) electrons. The number of benzene rings is 5. The molecule has 6 N–H and O–H groups in total. The lowest BCUT2D eigenvalue weighted by atomic mass is 10.2. The third kappa shape index (κ3) is 15.5. The van der Waals surface area contributed by atoms with Crippen molar-refractivity contribution in [2.75, 3.05) is 13.2 Å². The molecule has 6 rings (SSSR count). The van der Waals surface area contributed by atoms with E-state index in [9.17, 15) is 24.0 Å². The predicted molar refractivity (Wildman–Crippen MR) is 221 cm³/mol. The second-order valence-electron chi connectivity index (χ2n) is 10.7. The number of carboxylic acid groups (broad SMARTS) is 4. The van der Waals surface area contributed by atoms with Crippen LogP contribution in [0.1, 0.15) is 20.7 Å². The Labute approximate surface area is 350 Å². The normalized spacial score (nSPS) is 10.4. The van der Waals surface area contributed by atoms with Crippen molar-refractivity contribution in [1.82, 2.24) is 0 Å². The Hall–Kier alpha value is -5.38. The van der Waals surface area contributed by atoms with Crippen LogP contribution in [-0.4, -0.2) is 75.0 Å². The monoisotopic (exact) mass is 910 g/mol. The molecule has 0 amide bonds. The molecule has 0 fully saturated rings. The topological polar surface area (TPSA) is 259 Å². The zero-order valence-electron chi connectivity index (χ0n) is 29.1. The first-order chi connectivity index (χ1) is 27.3. The van der Waals surface area contributed by atoms with Gasteiger partial charge in [0.25, 0.3) is 0 Å². The van der Waals surface area contributed by atoms with E-state index in [0.717, 1.165) is 4.70 Å². The summed E-state index contributed by atoms with van der Waals surface area (Å²) < 4.78 is 43.1. The fraction of sp³-hybridized carbons (Fsp3) is 0.0541. The van der Waals surface area contributed by atoms with Gasteiger partial charge in [-0.2, -0.15) is 8.42 Å². The molecule has 0 spiro atoms. The number of halogens is 2. The highest BCUT2D eigenvalue weighted by Gasteiger charge is 2.15. The molecule has 0 saturated carbocycles. The molecule has 0 atom stereocenters. The molecule has 0 saturated heterocycles. The number of hydrogen-bond acceptors (Lipinski definition) is 12. The summed E-state index contributed by atoms with van der Waals surface area (Å²) in [5.74, 6) is -3.22. The van der Waals surface area contributed by atoms with E-state index in [1.165, 1.54) is 45.1 Å². The van der Waals surface area contributed by atoms with Crippen LogP contribution < -0.4 is 14.9 Å². The number of aliphatic carboxylic acids is 2. The summed E-state index contributed by atoms with van der Waals surface area (Å²) in [6, 6.07) is 30.1. The number of fused-ring (bicyclic) bond motifs is 2. The SMILES string of the molecule is O=C(O)COc1ccc(Cl)c2c(=O)c3ccccc3sc12.O=C(O)COc1ccc(Cl)cc1.O=C(O)c1ccccc1SSc1ccccc1C(=O)O.O=S(=O)(O)O. The molecule has 1 heterocycles. The van der Waals surface area contributed by atoms with Crippen molar-refractivity contribution < 1.29 is 66.6 Å². The summed E-state index contributed by atoms with van der Waals surface area (Å²) in [6.45, 7) is -0.800. The highest BCUT2D eigenvalue weighted by Crippen LogP contribution is 2.40. The van der Waals surface area contributed by atoms with Gasteiger partial charge >= 0.3 is 34.3 Å². The van der Waals surface area contributed by atoms with Crippen LogP contribution in [0.3, 0.4) is 0 Å². The van der Waals surface area contributed by atoms with Crippen molar-refractivity contribution in [3.63, 3.8) is 0 Å². The predicted octanol–water partition coefficient (Wildman–Crippen LogP) is 8.56. The summed E-state index contributed by atoms with van der Waals surface area (Å²) in [4.78, 5) is 56.6. The van der Waals surface area contributed by atoms with Gasteiger partial charge in [-0.3, -0.25) is 13.9 Å². The Balaban J connectivity index is 0.000000227. The second-order valence-corrected chi connectivity index (χ2v) is 15.7. The molecule has 58 heavy (non-hydrogen) atoms. The van der Waals surface area contributed by atoms with Crippen LogP contribution in [-0.2, 0) is 20.0 Å². The fourth-order valence-electron chi connectivity index (χ4n) is 4.29. The van der Waals surface area contributed by atoms with Gasteiger partial charge in [0.05, 0.1) is 26.2 Å².